The third-order valence-corrected chi connectivity index (χ3v) is 5.42. The zero-order chi connectivity index (χ0) is 23.3. The Labute approximate surface area is 185 Å². The van der Waals surface area contributed by atoms with Gasteiger partial charge in [0, 0.05) is 24.6 Å². The minimum atomic E-state index is -0.995. The molecule has 0 spiro atoms. The molecule has 3 rings (SSSR count). The number of nitrogens with one attached hydrogen (secondary N) is 1. The van der Waals surface area contributed by atoms with Gasteiger partial charge in [-0.15, -0.1) is 10.2 Å². The van der Waals surface area contributed by atoms with Crippen LogP contribution in [-0.2, 0) is 22.6 Å². The van der Waals surface area contributed by atoms with Crippen molar-refractivity contribution in [2.45, 2.75) is 36.7 Å². The first-order valence-electron chi connectivity index (χ1n) is 9.39. The molecule has 0 fully saturated rings. The number of hydrogen-bond acceptors (Lipinski definition) is 8. The molecule has 0 saturated heterocycles. The molecule has 32 heavy (non-hydrogen) atoms. The van der Waals surface area contributed by atoms with Gasteiger partial charge in [-0.05, 0) is 31.2 Å². The normalized spacial score (nSPS) is 11.8. The molecule has 2 amide bonds. The number of hydrogen-bond donors (Lipinski definition) is 2. The van der Waals surface area contributed by atoms with Gasteiger partial charge in [0.05, 0.1) is 23.0 Å². The summed E-state index contributed by atoms with van der Waals surface area (Å²) >= 11 is 1.10. The molecule has 3 N–H and O–H groups in total. The van der Waals surface area contributed by atoms with Gasteiger partial charge in [0.1, 0.15) is 11.6 Å². The number of benzene rings is 1. The van der Waals surface area contributed by atoms with Crippen molar-refractivity contribution in [2.24, 2.45) is 5.73 Å². The van der Waals surface area contributed by atoms with E-state index in [9.17, 15) is 24.1 Å². The number of carbonyl (C=O) groups excluding carboxylic acids is 2. The molecule has 0 aliphatic heterocycles. The zero-order valence-corrected chi connectivity index (χ0v) is 17.7. The van der Waals surface area contributed by atoms with E-state index in [4.69, 9.17) is 10.2 Å². The average Bonchev–Trinajstić information content (AvgIpc) is 3.38. The highest BCUT2D eigenvalue weighted by atomic mass is 32.2. The van der Waals surface area contributed by atoms with Gasteiger partial charge < -0.3 is 15.5 Å². The molecule has 1 aromatic carbocycles. The number of nitrogens with two attached hydrogens (primary N) is 1. The fourth-order valence-electron chi connectivity index (χ4n) is 2.73. The largest absolute Gasteiger partial charge is 0.467 e. The first-order valence-corrected chi connectivity index (χ1v) is 10.3. The molecular weight excluding hydrogens is 443 g/mol. The number of nitro benzene ring substituents is 1. The highest BCUT2D eigenvalue weighted by Gasteiger charge is 2.22. The number of carbonyl (C=O) groups is 2. The van der Waals surface area contributed by atoms with Gasteiger partial charge in [-0.25, -0.2) is 0 Å². The number of furan rings is 1. The predicted octanol–water partition coefficient (Wildman–Crippen LogP) is 2.50. The lowest BCUT2D eigenvalue weighted by Gasteiger charge is -2.13. The molecule has 11 nitrogen and oxygen atoms in total. The van der Waals surface area contributed by atoms with Crippen molar-refractivity contribution in [3.63, 3.8) is 0 Å². The van der Waals surface area contributed by atoms with E-state index < -0.39 is 33.5 Å². The van der Waals surface area contributed by atoms with E-state index in [-0.39, 0.29) is 25.1 Å². The first kappa shape index (κ1) is 22.9. The fraction of sp³-hybridized carbons (Fsp3) is 0.263. The maximum Gasteiger partial charge on any atom is 0.306 e. The average molecular weight is 462 g/mol. The lowest BCUT2D eigenvalue weighted by atomic mass is 10.2. The van der Waals surface area contributed by atoms with Crippen molar-refractivity contribution in [1.29, 1.82) is 0 Å². The van der Waals surface area contributed by atoms with E-state index in [1.54, 1.807) is 23.6 Å². The van der Waals surface area contributed by atoms with E-state index >= 15 is 0 Å². The van der Waals surface area contributed by atoms with Crippen molar-refractivity contribution in [3.8, 4) is 0 Å². The molecule has 0 saturated carbocycles. The SMILES string of the molecule is CC(Sc1nnc(CCC(N)=O)n1Cc1ccco1)C(=O)Nc1ccc(F)c([N+](=O)[O-])c1. The summed E-state index contributed by atoms with van der Waals surface area (Å²) in [5.41, 5.74) is 4.58. The summed E-state index contributed by atoms with van der Waals surface area (Å²) < 4.78 is 20.6. The minimum absolute atomic E-state index is 0.0837. The van der Waals surface area contributed by atoms with E-state index in [1.165, 1.54) is 12.3 Å². The number of halogens is 1. The van der Waals surface area contributed by atoms with Crippen LogP contribution < -0.4 is 11.1 Å². The molecule has 0 radical (unpaired) electrons. The molecule has 0 bridgehead atoms. The van der Waals surface area contributed by atoms with E-state index in [0.29, 0.717) is 16.7 Å². The number of rotatable bonds is 10. The van der Waals surface area contributed by atoms with Crippen molar-refractivity contribution >= 4 is 35.0 Å². The molecule has 168 valence electrons. The van der Waals surface area contributed by atoms with Crippen LogP contribution in [0.15, 0.2) is 46.2 Å². The fourth-order valence-corrected chi connectivity index (χ4v) is 3.60. The summed E-state index contributed by atoms with van der Waals surface area (Å²) in [5, 5.41) is 21.4. The molecule has 1 unspecified atom stereocenters. The second-order valence-electron chi connectivity index (χ2n) is 6.70. The maximum atomic E-state index is 13.5. The molecule has 2 aromatic heterocycles. The maximum absolute atomic E-state index is 13.5. The topological polar surface area (TPSA) is 159 Å². The minimum Gasteiger partial charge on any atom is -0.467 e. The molecule has 2 heterocycles. The first-order chi connectivity index (χ1) is 15.2. The number of nitrogens with zero attached hydrogens (tertiary/aromatic N) is 4. The van der Waals surface area contributed by atoms with Gasteiger partial charge in [0.2, 0.25) is 17.6 Å². The molecule has 0 aliphatic rings. The number of aromatic nitrogens is 3. The highest BCUT2D eigenvalue weighted by molar-refractivity contribution is 8.00. The van der Waals surface area contributed by atoms with Crippen LogP contribution in [0.25, 0.3) is 0 Å². The summed E-state index contributed by atoms with van der Waals surface area (Å²) in [6.07, 6.45) is 1.87. The van der Waals surface area contributed by atoms with Crippen LogP contribution in [0.2, 0.25) is 0 Å². The quantitative estimate of drug-likeness (QED) is 0.264. The monoisotopic (exact) mass is 462 g/mol. The van der Waals surface area contributed by atoms with Crippen molar-refractivity contribution in [3.05, 3.63) is 64.1 Å². The Balaban J connectivity index is 1.75. The third kappa shape index (κ3) is 5.69. The molecule has 3 aromatic rings. The second kappa shape index (κ2) is 10.0. The zero-order valence-electron chi connectivity index (χ0n) is 16.9. The molecule has 1 atom stereocenters. The van der Waals surface area contributed by atoms with E-state index in [0.717, 1.165) is 23.9 Å². The lowest BCUT2D eigenvalue weighted by molar-refractivity contribution is -0.387. The third-order valence-electron chi connectivity index (χ3n) is 4.34. The lowest BCUT2D eigenvalue weighted by Crippen LogP contribution is -2.23. The van der Waals surface area contributed by atoms with Gasteiger partial charge in [-0.3, -0.25) is 24.3 Å². The van der Waals surface area contributed by atoms with Crippen LogP contribution in [0.5, 0.6) is 0 Å². The summed E-state index contributed by atoms with van der Waals surface area (Å²) in [4.78, 5) is 33.8. The van der Waals surface area contributed by atoms with Crippen LogP contribution in [0.4, 0.5) is 15.8 Å². The number of thioether (sulfide) groups is 1. The Bertz CT molecular complexity index is 1130. The molecule has 13 heteroatoms. The predicted molar refractivity (Wildman–Crippen MR) is 112 cm³/mol. The van der Waals surface area contributed by atoms with E-state index in [1.807, 2.05) is 0 Å². The van der Waals surface area contributed by atoms with Crippen LogP contribution in [0, 0.1) is 15.9 Å². The number of amides is 2. The van der Waals surface area contributed by atoms with Crippen LogP contribution >= 0.6 is 11.8 Å². The van der Waals surface area contributed by atoms with Crippen molar-refractivity contribution < 1.29 is 23.3 Å². The second-order valence-corrected chi connectivity index (χ2v) is 8.01. The van der Waals surface area contributed by atoms with Gasteiger partial charge in [-0.1, -0.05) is 11.8 Å². The van der Waals surface area contributed by atoms with Gasteiger partial charge >= 0.3 is 5.69 Å². The van der Waals surface area contributed by atoms with Crippen molar-refractivity contribution in [1.82, 2.24) is 14.8 Å². The Morgan fingerprint density at radius 3 is 2.81 bits per heavy atom. The summed E-state index contributed by atoms with van der Waals surface area (Å²) in [6, 6.07) is 6.60. The van der Waals surface area contributed by atoms with Crippen LogP contribution in [-0.4, -0.2) is 36.8 Å². The summed E-state index contributed by atoms with van der Waals surface area (Å²) in [7, 11) is 0. The van der Waals surface area contributed by atoms with Gasteiger partial charge in [0.25, 0.3) is 0 Å². The Hall–Kier alpha value is -3.74. The van der Waals surface area contributed by atoms with Crippen LogP contribution in [0.3, 0.4) is 0 Å². The highest BCUT2D eigenvalue weighted by Crippen LogP contribution is 2.26. The number of primary amides is 1. The Morgan fingerprint density at radius 1 is 1.38 bits per heavy atom. The number of nitro groups is 1. The summed E-state index contributed by atoms with van der Waals surface area (Å²) in [5.74, 6) is -0.813. The van der Waals surface area contributed by atoms with Gasteiger partial charge in [-0.2, -0.15) is 4.39 Å². The smallest absolute Gasteiger partial charge is 0.306 e. The summed E-state index contributed by atoms with van der Waals surface area (Å²) in [6.45, 7) is 1.90. The van der Waals surface area contributed by atoms with Crippen molar-refractivity contribution in [2.75, 3.05) is 5.32 Å². The van der Waals surface area contributed by atoms with E-state index in [2.05, 4.69) is 15.5 Å². The Kier molecular flexibility index (Phi) is 7.20. The Morgan fingerprint density at radius 2 is 2.16 bits per heavy atom. The molecular formula is C19H19FN6O5S. The van der Waals surface area contributed by atoms with Crippen LogP contribution in [0.1, 0.15) is 24.9 Å². The number of anilines is 1. The number of aryl methyl sites for hydroxylation is 1. The standard InChI is InChI=1S/C19H19FN6O5S/c1-11(18(28)22-12-4-5-14(20)15(9-12)26(29)30)32-19-24-23-17(7-6-16(21)27)25(19)10-13-3-2-8-31-13/h2-5,8-9,11H,6-7,10H2,1H3,(H2,21,27)(H,22,28). The van der Waals surface area contributed by atoms with Gasteiger partial charge in [0.15, 0.2) is 5.16 Å². The molecule has 0 aliphatic carbocycles.